The summed E-state index contributed by atoms with van der Waals surface area (Å²) in [6, 6.07) is 8.18. The van der Waals surface area contributed by atoms with Crippen LogP contribution in [0.5, 0.6) is 0 Å². The van der Waals surface area contributed by atoms with Crippen molar-refractivity contribution in [2.24, 2.45) is 11.7 Å². The van der Waals surface area contributed by atoms with E-state index in [-0.39, 0.29) is 24.5 Å². The smallest absolute Gasteiger partial charge is 0.249 e. The summed E-state index contributed by atoms with van der Waals surface area (Å²) in [5.74, 6) is 0.236. The predicted octanol–water partition coefficient (Wildman–Crippen LogP) is 1.53. The van der Waals surface area contributed by atoms with Gasteiger partial charge in [0.05, 0.1) is 0 Å². The molecule has 1 aliphatic heterocycles. The average Bonchev–Trinajstić information content (AvgIpc) is 2.72. The number of hydrogen-bond donors (Lipinski definition) is 2. The van der Waals surface area contributed by atoms with Crippen molar-refractivity contribution in [2.45, 2.75) is 52.2 Å². The molecule has 0 saturated carbocycles. The van der Waals surface area contributed by atoms with Crippen molar-refractivity contribution < 1.29 is 14.3 Å². The molecule has 30 heavy (non-hydrogen) atoms. The number of ether oxygens (including phenoxy) is 1. The number of aryl methyl sites for hydroxylation is 1. The van der Waals surface area contributed by atoms with E-state index in [0.29, 0.717) is 32.0 Å². The predicted molar refractivity (Wildman–Crippen MR) is 119 cm³/mol. The third kappa shape index (κ3) is 6.79. The van der Waals surface area contributed by atoms with Gasteiger partial charge in [-0.1, -0.05) is 38.1 Å². The van der Waals surface area contributed by atoms with Crippen molar-refractivity contribution in [3.63, 3.8) is 0 Å². The number of rotatable bonds is 10. The molecular weight excluding hydrogens is 380 g/mol. The molecule has 7 nitrogen and oxygen atoms in total. The highest BCUT2D eigenvalue weighted by atomic mass is 16.5. The van der Waals surface area contributed by atoms with Crippen LogP contribution in [-0.4, -0.2) is 73.6 Å². The second-order valence-corrected chi connectivity index (χ2v) is 8.54. The van der Waals surface area contributed by atoms with E-state index >= 15 is 0 Å². The number of carbonyl (C=O) groups excluding carboxylic acids is 2. The van der Waals surface area contributed by atoms with E-state index < -0.39 is 6.04 Å². The van der Waals surface area contributed by atoms with Crippen LogP contribution in [0.2, 0.25) is 0 Å². The van der Waals surface area contributed by atoms with Gasteiger partial charge in [0.25, 0.3) is 0 Å². The molecule has 7 heteroatoms. The number of nitrogens with one attached hydrogen (secondary N) is 1. The zero-order valence-corrected chi connectivity index (χ0v) is 18.9. The highest BCUT2D eigenvalue weighted by molar-refractivity contribution is 5.88. The maximum atomic E-state index is 12.9. The van der Waals surface area contributed by atoms with Gasteiger partial charge in [-0.3, -0.25) is 14.5 Å². The van der Waals surface area contributed by atoms with E-state index in [4.69, 9.17) is 10.5 Å². The fourth-order valence-corrected chi connectivity index (χ4v) is 4.16. The minimum Gasteiger partial charge on any atom is -0.375 e. The Morgan fingerprint density at radius 3 is 2.70 bits per heavy atom. The molecule has 3 N–H and O–H groups in total. The zero-order valence-electron chi connectivity index (χ0n) is 18.9. The van der Waals surface area contributed by atoms with Crippen LogP contribution in [0.15, 0.2) is 24.3 Å². The van der Waals surface area contributed by atoms with E-state index in [2.05, 4.69) is 55.3 Å². The van der Waals surface area contributed by atoms with E-state index in [1.54, 1.807) is 4.90 Å². The Kier molecular flexibility index (Phi) is 9.75. The van der Waals surface area contributed by atoms with E-state index in [1.165, 1.54) is 18.2 Å². The van der Waals surface area contributed by atoms with Gasteiger partial charge in [0.2, 0.25) is 11.8 Å². The molecule has 1 saturated heterocycles. The number of amides is 2. The van der Waals surface area contributed by atoms with Gasteiger partial charge in [0, 0.05) is 45.9 Å². The van der Waals surface area contributed by atoms with Gasteiger partial charge in [-0.05, 0) is 36.8 Å². The number of piperidine rings is 1. The molecule has 0 bridgehead atoms. The minimum atomic E-state index is -0.496. The van der Waals surface area contributed by atoms with Gasteiger partial charge in [0.1, 0.15) is 12.6 Å². The minimum absolute atomic E-state index is 0.00967. The van der Waals surface area contributed by atoms with Crippen LogP contribution in [0, 0.1) is 12.8 Å². The van der Waals surface area contributed by atoms with Crippen molar-refractivity contribution >= 4 is 11.8 Å². The van der Waals surface area contributed by atoms with Crippen molar-refractivity contribution in [1.29, 1.82) is 0 Å². The first kappa shape index (κ1) is 24.3. The lowest BCUT2D eigenvalue weighted by atomic mass is 9.93. The Hall–Kier alpha value is -1.96. The Bertz CT molecular complexity index is 695. The van der Waals surface area contributed by atoms with Crippen molar-refractivity contribution in [3.05, 3.63) is 35.4 Å². The van der Waals surface area contributed by atoms with Gasteiger partial charge in [0.15, 0.2) is 0 Å². The van der Waals surface area contributed by atoms with Gasteiger partial charge < -0.3 is 20.7 Å². The first-order valence-corrected chi connectivity index (χ1v) is 10.9. The van der Waals surface area contributed by atoms with E-state index in [0.717, 1.165) is 19.5 Å². The zero-order chi connectivity index (χ0) is 22.1. The molecular formula is C23H38N4O3. The first-order valence-electron chi connectivity index (χ1n) is 10.9. The van der Waals surface area contributed by atoms with Crippen molar-refractivity contribution in [1.82, 2.24) is 15.1 Å². The molecule has 0 spiro atoms. The Morgan fingerprint density at radius 1 is 1.33 bits per heavy atom. The molecule has 1 fully saturated rings. The maximum absolute atomic E-state index is 12.9. The largest absolute Gasteiger partial charge is 0.375 e. The van der Waals surface area contributed by atoms with Gasteiger partial charge in [-0.15, -0.1) is 0 Å². The van der Waals surface area contributed by atoms with Crippen LogP contribution in [-0.2, 0) is 20.9 Å². The summed E-state index contributed by atoms with van der Waals surface area (Å²) in [7, 11) is 1.50. The molecule has 2 amide bonds. The third-order valence-corrected chi connectivity index (χ3v) is 5.66. The van der Waals surface area contributed by atoms with Crippen LogP contribution in [0.3, 0.4) is 0 Å². The second kappa shape index (κ2) is 12.0. The van der Waals surface area contributed by atoms with Crippen LogP contribution < -0.4 is 11.1 Å². The van der Waals surface area contributed by atoms with Crippen LogP contribution >= 0.6 is 0 Å². The summed E-state index contributed by atoms with van der Waals surface area (Å²) in [5, 5.41) is 2.87. The lowest BCUT2D eigenvalue weighted by Gasteiger charge is -2.43. The number of hydrogen-bond acceptors (Lipinski definition) is 5. The molecule has 2 rings (SSSR count). The molecule has 0 radical (unpaired) electrons. The van der Waals surface area contributed by atoms with Crippen molar-refractivity contribution in [3.8, 4) is 0 Å². The topological polar surface area (TPSA) is 87.9 Å². The fraction of sp³-hybridized carbons (Fsp3) is 0.652. The first-order chi connectivity index (χ1) is 14.4. The molecule has 1 heterocycles. The number of carbonyl (C=O) groups is 2. The molecule has 1 unspecified atom stereocenters. The number of benzene rings is 1. The molecule has 2 atom stereocenters. The van der Waals surface area contributed by atoms with Crippen LogP contribution in [0.4, 0.5) is 0 Å². The fourth-order valence-electron chi connectivity index (χ4n) is 4.16. The normalized spacial score (nSPS) is 19.4. The summed E-state index contributed by atoms with van der Waals surface area (Å²) in [6.45, 7) is 9.69. The highest BCUT2D eigenvalue weighted by Crippen LogP contribution is 2.26. The summed E-state index contributed by atoms with van der Waals surface area (Å²) < 4.78 is 5.03. The standard InChI is InChI=1S/C23H38N4O3/c1-17(2)14-26(15-19-8-6-5-7-18(19)3)20-9-12-27(22(28)16-30-4)21(13-20)23(29)25-11-10-24/h5-8,17,20-21H,9-16,24H2,1-4H3,(H,25,29)/t20?,21-/m1/s1. The average molecular weight is 419 g/mol. The Balaban J connectivity index is 2.21. The number of nitrogens with two attached hydrogens (primary N) is 1. The lowest BCUT2D eigenvalue weighted by Crippen LogP contribution is -2.58. The Morgan fingerprint density at radius 2 is 2.07 bits per heavy atom. The monoisotopic (exact) mass is 418 g/mol. The molecule has 1 aromatic rings. The summed E-state index contributed by atoms with van der Waals surface area (Å²) in [5.41, 5.74) is 8.14. The molecule has 1 aromatic carbocycles. The van der Waals surface area contributed by atoms with E-state index in [1.807, 2.05) is 0 Å². The van der Waals surface area contributed by atoms with Gasteiger partial charge in [-0.25, -0.2) is 0 Å². The number of nitrogens with zero attached hydrogens (tertiary/aromatic N) is 2. The molecule has 168 valence electrons. The maximum Gasteiger partial charge on any atom is 0.249 e. The van der Waals surface area contributed by atoms with Gasteiger partial charge >= 0.3 is 0 Å². The molecule has 0 aromatic heterocycles. The SMILES string of the molecule is COCC(=O)N1CCC(N(Cc2ccccc2C)CC(C)C)C[C@@H]1C(=O)NCCN. The van der Waals surface area contributed by atoms with E-state index in [9.17, 15) is 9.59 Å². The number of methoxy groups -OCH3 is 1. The van der Waals surface area contributed by atoms with Crippen molar-refractivity contribution in [2.75, 3.05) is 39.9 Å². The summed E-state index contributed by atoms with van der Waals surface area (Å²) in [4.78, 5) is 29.6. The second-order valence-electron chi connectivity index (χ2n) is 8.54. The third-order valence-electron chi connectivity index (χ3n) is 5.66. The molecule has 0 aliphatic carbocycles. The summed E-state index contributed by atoms with van der Waals surface area (Å²) in [6.07, 6.45) is 1.46. The number of likely N-dealkylation sites (tertiary alicyclic amines) is 1. The lowest BCUT2D eigenvalue weighted by molar-refractivity contribution is -0.146. The summed E-state index contributed by atoms with van der Waals surface area (Å²) >= 11 is 0. The van der Waals surface area contributed by atoms with Crippen LogP contribution in [0.25, 0.3) is 0 Å². The Labute approximate surface area is 180 Å². The quantitative estimate of drug-likeness (QED) is 0.602. The van der Waals surface area contributed by atoms with Crippen LogP contribution in [0.1, 0.15) is 37.8 Å². The van der Waals surface area contributed by atoms with Gasteiger partial charge in [-0.2, -0.15) is 0 Å². The highest BCUT2D eigenvalue weighted by Gasteiger charge is 2.38. The molecule has 1 aliphatic rings.